The van der Waals surface area contributed by atoms with Gasteiger partial charge in [0.15, 0.2) is 6.10 Å². The highest BCUT2D eigenvalue weighted by atomic mass is 31.2. The van der Waals surface area contributed by atoms with Crippen molar-refractivity contribution in [2.24, 2.45) is 0 Å². The third-order valence-corrected chi connectivity index (χ3v) is 11.9. The number of hydrogen-bond donors (Lipinski definition) is 6. The fraction of sp³-hybridized carbons (Fsp3) is 0.953. The van der Waals surface area contributed by atoms with Gasteiger partial charge in [-0.05, 0) is 12.8 Å². The number of phosphoric ester groups is 1. The second-order valence-electron chi connectivity index (χ2n) is 16.3. The molecule has 6 unspecified atom stereocenters. The van der Waals surface area contributed by atoms with E-state index in [1.165, 1.54) is 128 Å². The molecule has 0 amide bonds. The molecule has 0 aliphatic heterocycles. The van der Waals surface area contributed by atoms with E-state index in [1.54, 1.807) is 0 Å². The van der Waals surface area contributed by atoms with Crippen LogP contribution in [0, 0.1) is 0 Å². The maximum atomic E-state index is 12.8. The van der Waals surface area contributed by atoms with Gasteiger partial charge in [-0.25, -0.2) is 4.57 Å². The van der Waals surface area contributed by atoms with Crippen LogP contribution in [0.25, 0.3) is 0 Å². The predicted octanol–water partition coefficient (Wildman–Crippen LogP) is 8.50. The molecule has 0 bridgehead atoms. The van der Waals surface area contributed by atoms with Crippen LogP contribution in [-0.2, 0) is 32.7 Å². The molecule has 1 saturated carbocycles. The van der Waals surface area contributed by atoms with Crippen molar-refractivity contribution in [2.45, 2.75) is 249 Å². The van der Waals surface area contributed by atoms with Crippen LogP contribution >= 0.6 is 7.82 Å². The number of ether oxygens (including phenoxy) is 2. The Balaban J connectivity index is 2.42. The highest BCUT2D eigenvalue weighted by Gasteiger charge is 2.51. The number of unbranched alkanes of at least 4 members (excludes halogenated alkanes) is 26. The van der Waals surface area contributed by atoms with Crippen LogP contribution in [0.3, 0.4) is 0 Å². The number of phosphoric acid groups is 1. The van der Waals surface area contributed by atoms with E-state index in [0.29, 0.717) is 12.8 Å². The van der Waals surface area contributed by atoms with E-state index in [1.807, 2.05) is 0 Å². The average molecular weight is 839 g/mol. The van der Waals surface area contributed by atoms with Gasteiger partial charge in [-0.3, -0.25) is 18.6 Å². The van der Waals surface area contributed by atoms with Crippen LogP contribution in [0.4, 0.5) is 0 Å². The Morgan fingerprint density at radius 2 is 0.789 bits per heavy atom. The molecule has 0 saturated heterocycles. The normalized spacial score (nSPS) is 22.6. The number of aliphatic hydroxyl groups excluding tert-OH is 5. The smallest absolute Gasteiger partial charge is 0.462 e. The van der Waals surface area contributed by atoms with Gasteiger partial charge in [0.05, 0.1) is 6.61 Å². The van der Waals surface area contributed by atoms with Gasteiger partial charge < -0.3 is 39.9 Å². The summed E-state index contributed by atoms with van der Waals surface area (Å²) in [5.41, 5.74) is 0. The molecule has 8 atom stereocenters. The Morgan fingerprint density at radius 1 is 0.474 bits per heavy atom. The Hall–Kier alpha value is -1.15. The molecular formula is C43H83O13P. The van der Waals surface area contributed by atoms with Gasteiger partial charge in [-0.2, -0.15) is 0 Å². The molecule has 0 radical (unpaired) electrons. The zero-order chi connectivity index (χ0) is 42.2. The summed E-state index contributed by atoms with van der Waals surface area (Å²) in [6, 6.07) is 0. The van der Waals surface area contributed by atoms with Gasteiger partial charge in [0, 0.05) is 12.8 Å². The third-order valence-electron chi connectivity index (χ3n) is 10.9. The molecule has 0 spiro atoms. The van der Waals surface area contributed by atoms with Crippen molar-refractivity contribution >= 4 is 19.8 Å². The highest BCUT2D eigenvalue weighted by Crippen LogP contribution is 2.47. The summed E-state index contributed by atoms with van der Waals surface area (Å²) in [5, 5.41) is 50.1. The zero-order valence-corrected chi connectivity index (χ0v) is 36.6. The summed E-state index contributed by atoms with van der Waals surface area (Å²) in [6.07, 6.45) is 20.3. The molecule has 1 aliphatic rings. The average Bonchev–Trinajstić information content (AvgIpc) is 3.19. The number of hydrogen-bond acceptors (Lipinski definition) is 12. The first kappa shape index (κ1) is 53.9. The molecule has 14 heteroatoms. The van der Waals surface area contributed by atoms with Gasteiger partial charge in [-0.15, -0.1) is 0 Å². The van der Waals surface area contributed by atoms with Crippen LogP contribution in [0.1, 0.15) is 206 Å². The van der Waals surface area contributed by atoms with E-state index < -0.39 is 75.7 Å². The third kappa shape index (κ3) is 27.3. The number of rotatable bonds is 38. The molecule has 13 nitrogen and oxygen atoms in total. The standard InChI is InChI=1S/C43H83O13P/c1-3-5-7-9-11-13-15-16-17-18-19-20-21-22-24-26-28-30-32-37(45)55-35(33-53-36(44)31-29-27-25-23-14-12-10-8-6-4-2)34-54-57(51,52)56-43-41(49)39(47)38(46)40(48)42(43)50/h35,38-43,46-50H,3-34H2,1-2H3,(H,51,52)/t35-,38?,39+,40?,41?,42?,43?/m1/s1. The maximum absolute atomic E-state index is 12.8. The Kier molecular flexibility index (Phi) is 32.7. The van der Waals surface area contributed by atoms with Crippen LogP contribution in [0.15, 0.2) is 0 Å². The molecule has 0 aromatic carbocycles. The summed E-state index contributed by atoms with van der Waals surface area (Å²) in [5.74, 6) is -1.09. The summed E-state index contributed by atoms with van der Waals surface area (Å²) >= 11 is 0. The largest absolute Gasteiger partial charge is 0.472 e. The minimum absolute atomic E-state index is 0.105. The second kappa shape index (κ2) is 34.6. The van der Waals surface area contributed by atoms with Crippen molar-refractivity contribution in [1.82, 2.24) is 0 Å². The lowest BCUT2D eigenvalue weighted by Gasteiger charge is -2.41. The van der Waals surface area contributed by atoms with E-state index >= 15 is 0 Å². The Bertz CT molecular complexity index is 1020. The number of aliphatic hydroxyl groups is 5. The molecule has 1 fully saturated rings. The van der Waals surface area contributed by atoms with Crippen molar-refractivity contribution in [3.63, 3.8) is 0 Å². The Labute approximate surface area is 344 Å². The van der Waals surface area contributed by atoms with Crippen LogP contribution in [0.2, 0.25) is 0 Å². The summed E-state index contributed by atoms with van der Waals surface area (Å²) in [7, 11) is -5.11. The lowest BCUT2D eigenvalue weighted by molar-refractivity contribution is -0.220. The van der Waals surface area contributed by atoms with Crippen molar-refractivity contribution in [3.05, 3.63) is 0 Å². The second-order valence-corrected chi connectivity index (χ2v) is 17.7. The maximum Gasteiger partial charge on any atom is 0.472 e. The van der Waals surface area contributed by atoms with E-state index in [9.17, 15) is 44.6 Å². The Morgan fingerprint density at radius 3 is 1.16 bits per heavy atom. The summed E-state index contributed by atoms with van der Waals surface area (Å²) in [4.78, 5) is 35.6. The fourth-order valence-electron chi connectivity index (χ4n) is 7.23. The van der Waals surface area contributed by atoms with Gasteiger partial charge in [0.1, 0.15) is 43.2 Å². The number of carbonyl (C=O) groups is 2. The van der Waals surface area contributed by atoms with Crippen LogP contribution in [0.5, 0.6) is 0 Å². The highest BCUT2D eigenvalue weighted by molar-refractivity contribution is 7.47. The molecule has 0 aromatic rings. The van der Waals surface area contributed by atoms with Crippen LogP contribution in [-0.4, -0.2) is 98.3 Å². The number of carbonyl (C=O) groups excluding carboxylic acids is 2. The van der Waals surface area contributed by atoms with Gasteiger partial charge >= 0.3 is 19.8 Å². The zero-order valence-electron chi connectivity index (χ0n) is 35.7. The molecule has 1 rings (SSSR count). The molecule has 338 valence electrons. The van der Waals surface area contributed by atoms with Gasteiger partial charge in [0.2, 0.25) is 0 Å². The first-order chi connectivity index (χ1) is 27.4. The van der Waals surface area contributed by atoms with Gasteiger partial charge in [0.25, 0.3) is 0 Å². The summed E-state index contributed by atoms with van der Waals surface area (Å²) < 4.78 is 33.5. The van der Waals surface area contributed by atoms with Gasteiger partial charge in [-0.1, -0.05) is 181 Å². The van der Waals surface area contributed by atoms with E-state index in [2.05, 4.69) is 13.8 Å². The van der Waals surface area contributed by atoms with E-state index in [4.69, 9.17) is 18.5 Å². The van der Waals surface area contributed by atoms with Crippen LogP contribution < -0.4 is 0 Å². The monoisotopic (exact) mass is 839 g/mol. The SMILES string of the molecule is CCCCCCCCCCCCCCCCCCCCC(=O)O[C@H](COC(=O)CCCCCCCCCCCC)COP(=O)(O)OC1C(O)C(O)C(O)[C@H](O)C1O. The fourth-order valence-corrected chi connectivity index (χ4v) is 8.20. The minimum Gasteiger partial charge on any atom is -0.462 e. The van der Waals surface area contributed by atoms with E-state index in [-0.39, 0.29) is 12.8 Å². The first-order valence-corrected chi connectivity index (χ1v) is 24.3. The molecule has 6 N–H and O–H groups in total. The van der Waals surface area contributed by atoms with Crippen molar-refractivity contribution in [1.29, 1.82) is 0 Å². The molecule has 57 heavy (non-hydrogen) atoms. The molecule has 0 aromatic heterocycles. The predicted molar refractivity (Wildman–Crippen MR) is 221 cm³/mol. The van der Waals surface area contributed by atoms with Crippen molar-refractivity contribution in [2.75, 3.05) is 13.2 Å². The molecule has 0 heterocycles. The number of esters is 2. The first-order valence-electron chi connectivity index (χ1n) is 22.8. The molecule has 1 aliphatic carbocycles. The van der Waals surface area contributed by atoms with E-state index in [0.717, 1.165) is 38.5 Å². The summed E-state index contributed by atoms with van der Waals surface area (Å²) in [6.45, 7) is 3.30. The van der Waals surface area contributed by atoms with Crippen molar-refractivity contribution < 1.29 is 63.1 Å². The molecular weight excluding hydrogens is 755 g/mol. The lowest BCUT2D eigenvalue weighted by Crippen LogP contribution is -2.64. The lowest BCUT2D eigenvalue weighted by atomic mass is 9.85. The minimum atomic E-state index is -5.11. The van der Waals surface area contributed by atoms with Crippen molar-refractivity contribution in [3.8, 4) is 0 Å². The topological polar surface area (TPSA) is 210 Å². The quantitative estimate of drug-likeness (QED) is 0.0196.